The van der Waals surface area contributed by atoms with Crippen molar-refractivity contribution in [3.8, 4) is 0 Å². The van der Waals surface area contributed by atoms with Gasteiger partial charge in [-0.2, -0.15) is 0 Å². The van der Waals surface area contributed by atoms with Crippen molar-refractivity contribution in [3.63, 3.8) is 0 Å². The van der Waals surface area contributed by atoms with Crippen LogP contribution in [0.4, 0.5) is 4.79 Å². The Morgan fingerprint density at radius 2 is 1.95 bits per heavy atom. The minimum Gasteiger partial charge on any atom is -0.480 e. The van der Waals surface area contributed by atoms with Gasteiger partial charge in [-0.3, -0.25) is 4.90 Å². The number of rotatable bonds is 6. The van der Waals surface area contributed by atoms with Crippen molar-refractivity contribution in [2.24, 2.45) is 0 Å². The van der Waals surface area contributed by atoms with Crippen LogP contribution >= 0.6 is 0 Å². The Bertz CT molecular complexity index is 472. The smallest absolute Gasteiger partial charge is 0.411 e. The van der Waals surface area contributed by atoms with E-state index in [1.165, 1.54) is 0 Å². The molecule has 20 heavy (non-hydrogen) atoms. The lowest BCUT2D eigenvalue weighted by molar-refractivity contribution is -0.144. The summed E-state index contributed by atoms with van der Waals surface area (Å²) in [5, 5.41) is 18.2. The van der Waals surface area contributed by atoms with Gasteiger partial charge in [-0.05, 0) is 18.4 Å². The highest BCUT2D eigenvalue weighted by molar-refractivity contribution is 5.80. The van der Waals surface area contributed by atoms with Gasteiger partial charge in [0.1, 0.15) is 6.61 Å². The summed E-state index contributed by atoms with van der Waals surface area (Å²) in [6.07, 6.45) is 0.784. The van der Waals surface area contributed by atoms with Crippen LogP contribution in [0.15, 0.2) is 30.3 Å². The van der Waals surface area contributed by atoms with Crippen LogP contribution in [0.1, 0.15) is 18.4 Å². The van der Waals surface area contributed by atoms with Gasteiger partial charge in [0.25, 0.3) is 0 Å². The Morgan fingerprint density at radius 1 is 1.30 bits per heavy atom. The molecule has 6 nitrogen and oxygen atoms in total. The molecule has 1 amide bonds. The molecule has 0 heterocycles. The Balaban J connectivity index is 1.99. The summed E-state index contributed by atoms with van der Waals surface area (Å²) in [6, 6.07) is 7.75. The maximum absolute atomic E-state index is 12.0. The van der Waals surface area contributed by atoms with Crippen LogP contribution in [0, 0.1) is 0 Å². The third-order valence-electron chi connectivity index (χ3n) is 3.15. The average molecular weight is 279 g/mol. The van der Waals surface area contributed by atoms with Crippen LogP contribution in [-0.2, 0) is 16.1 Å². The molecule has 0 saturated heterocycles. The number of nitrogens with zero attached hydrogens (tertiary/aromatic N) is 1. The van der Waals surface area contributed by atoms with Gasteiger partial charge in [-0.1, -0.05) is 30.3 Å². The number of aliphatic hydroxyl groups excluding tert-OH is 1. The highest BCUT2D eigenvalue weighted by Gasteiger charge is 2.41. The molecule has 0 aliphatic heterocycles. The Kier molecular flexibility index (Phi) is 4.57. The summed E-state index contributed by atoms with van der Waals surface area (Å²) in [5.41, 5.74) is 0.826. The molecule has 1 saturated carbocycles. The summed E-state index contributed by atoms with van der Waals surface area (Å²) in [5.74, 6) is -1.23. The maximum Gasteiger partial charge on any atom is 0.411 e. The predicted octanol–water partition coefficient (Wildman–Crippen LogP) is 1.23. The van der Waals surface area contributed by atoms with Crippen molar-refractivity contribution in [1.82, 2.24) is 4.90 Å². The SMILES string of the molecule is O=C(O)C(CO)N(C(=O)OCc1ccccc1)C1CC1. The van der Waals surface area contributed by atoms with E-state index in [2.05, 4.69) is 0 Å². The van der Waals surface area contributed by atoms with E-state index in [4.69, 9.17) is 14.9 Å². The topological polar surface area (TPSA) is 87.1 Å². The molecule has 6 heteroatoms. The van der Waals surface area contributed by atoms with Crippen molar-refractivity contribution < 1.29 is 24.5 Å². The zero-order valence-electron chi connectivity index (χ0n) is 10.9. The number of aliphatic carboxylic acids is 1. The van der Waals surface area contributed by atoms with E-state index in [9.17, 15) is 9.59 Å². The predicted molar refractivity (Wildman–Crippen MR) is 70.0 cm³/mol. The molecule has 0 radical (unpaired) electrons. The van der Waals surface area contributed by atoms with E-state index in [0.717, 1.165) is 23.3 Å². The number of aliphatic hydroxyl groups is 1. The fraction of sp³-hybridized carbons (Fsp3) is 0.429. The first-order valence-corrected chi connectivity index (χ1v) is 6.46. The van der Waals surface area contributed by atoms with E-state index in [0.29, 0.717) is 0 Å². The van der Waals surface area contributed by atoms with Gasteiger partial charge >= 0.3 is 12.1 Å². The molecule has 1 atom stereocenters. The highest BCUT2D eigenvalue weighted by atomic mass is 16.6. The first kappa shape index (κ1) is 14.3. The van der Waals surface area contributed by atoms with Crippen LogP contribution in [0.5, 0.6) is 0 Å². The molecular weight excluding hydrogens is 262 g/mol. The fourth-order valence-corrected chi connectivity index (χ4v) is 1.96. The summed E-state index contributed by atoms with van der Waals surface area (Å²) in [7, 11) is 0. The molecule has 1 unspecified atom stereocenters. The summed E-state index contributed by atoms with van der Waals surface area (Å²) in [6.45, 7) is -0.535. The van der Waals surface area contributed by atoms with Gasteiger partial charge in [0.2, 0.25) is 0 Å². The van der Waals surface area contributed by atoms with E-state index >= 15 is 0 Å². The number of ether oxygens (including phenoxy) is 1. The quantitative estimate of drug-likeness (QED) is 0.818. The number of carboxylic acid groups (broad SMARTS) is 1. The van der Waals surface area contributed by atoms with Crippen molar-refractivity contribution in [2.75, 3.05) is 6.61 Å². The average Bonchev–Trinajstić information content (AvgIpc) is 3.27. The number of carbonyl (C=O) groups excluding carboxylic acids is 1. The molecule has 1 aliphatic rings. The van der Waals surface area contributed by atoms with E-state index in [-0.39, 0.29) is 12.6 Å². The third-order valence-corrected chi connectivity index (χ3v) is 3.15. The zero-order chi connectivity index (χ0) is 14.5. The second-order valence-electron chi connectivity index (χ2n) is 4.72. The van der Waals surface area contributed by atoms with Crippen LogP contribution in [-0.4, -0.2) is 45.9 Å². The number of benzene rings is 1. The van der Waals surface area contributed by atoms with Crippen molar-refractivity contribution in [3.05, 3.63) is 35.9 Å². The molecular formula is C14H17NO5. The standard InChI is InChI=1S/C14H17NO5/c16-8-12(13(17)18)15(11-6-7-11)14(19)20-9-10-4-2-1-3-5-10/h1-5,11-12,16H,6-9H2,(H,17,18). The lowest BCUT2D eigenvalue weighted by Gasteiger charge is -2.26. The molecule has 0 aromatic heterocycles. The maximum atomic E-state index is 12.0. The summed E-state index contributed by atoms with van der Waals surface area (Å²) < 4.78 is 5.14. The van der Waals surface area contributed by atoms with Crippen LogP contribution in [0.2, 0.25) is 0 Å². The normalized spacial score (nSPS) is 15.4. The first-order valence-electron chi connectivity index (χ1n) is 6.46. The summed E-state index contributed by atoms with van der Waals surface area (Å²) >= 11 is 0. The number of amides is 1. The molecule has 1 aliphatic carbocycles. The highest BCUT2D eigenvalue weighted by Crippen LogP contribution is 2.29. The number of carboxylic acids is 1. The lowest BCUT2D eigenvalue weighted by Crippen LogP contribution is -2.48. The number of carbonyl (C=O) groups is 2. The van der Waals surface area contributed by atoms with Crippen molar-refractivity contribution >= 4 is 12.1 Å². The van der Waals surface area contributed by atoms with Gasteiger partial charge in [0, 0.05) is 6.04 Å². The minimum atomic E-state index is -1.24. The van der Waals surface area contributed by atoms with Crippen molar-refractivity contribution in [1.29, 1.82) is 0 Å². The monoisotopic (exact) mass is 279 g/mol. The zero-order valence-corrected chi connectivity index (χ0v) is 10.9. The van der Waals surface area contributed by atoms with Gasteiger partial charge in [0.05, 0.1) is 6.61 Å². The Morgan fingerprint density at radius 3 is 2.45 bits per heavy atom. The molecule has 108 valence electrons. The van der Waals surface area contributed by atoms with Crippen LogP contribution in [0.3, 0.4) is 0 Å². The van der Waals surface area contributed by atoms with Gasteiger partial charge in [0.15, 0.2) is 6.04 Å². The van der Waals surface area contributed by atoms with E-state index in [1.807, 2.05) is 30.3 Å². The van der Waals surface area contributed by atoms with E-state index < -0.39 is 24.7 Å². The number of hydrogen-bond donors (Lipinski definition) is 2. The first-order chi connectivity index (χ1) is 9.63. The van der Waals surface area contributed by atoms with Gasteiger partial charge in [-0.25, -0.2) is 9.59 Å². The molecule has 1 aromatic carbocycles. The number of hydrogen-bond acceptors (Lipinski definition) is 4. The second-order valence-corrected chi connectivity index (χ2v) is 4.72. The molecule has 2 N–H and O–H groups in total. The molecule has 0 bridgehead atoms. The van der Waals surface area contributed by atoms with Gasteiger partial charge < -0.3 is 14.9 Å². The van der Waals surface area contributed by atoms with E-state index in [1.54, 1.807) is 0 Å². The Labute approximate surface area is 116 Å². The van der Waals surface area contributed by atoms with Crippen molar-refractivity contribution in [2.45, 2.75) is 31.5 Å². The largest absolute Gasteiger partial charge is 0.480 e. The Hall–Kier alpha value is -2.08. The molecule has 2 rings (SSSR count). The fourth-order valence-electron chi connectivity index (χ4n) is 1.96. The lowest BCUT2D eigenvalue weighted by atomic mass is 10.2. The molecule has 0 spiro atoms. The molecule has 1 aromatic rings. The van der Waals surface area contributed by atoms with Crippen LogP contribution < -0.4 is 0 Å². The molecule has 1 fully saturated rings. The van der Waals surface area contributed by atoms with Gasteiger partial charge in [-0.15, -0.1) is 0 Å². The third kappa shape index (κ3) is 3.48. The summed E-state index contributed by atoms with van der Waals surface area (Å²) in [4.78, 5) is 24.2. The second kappa shape index (κ2) is 6.38. The minimum absolute atomic E-state index is 0.0840. The van der Waals surface area contributed by atoms with Crippen LogP contribution in [0.25, 0.3) is 0 Å².